The lowest BCUT2D eigenvalue weighted by molar-refractivity contribution is 0.100. The van der Waals surface area contributed by atoms with Crippen molar-refractivity contribution in [3.8, 4) is 22.3 Å². The van der Waals surface area contributed by atoms with E-state index in [4.69, 9.17) is 0 Å². The van der Waals surface area contributed by atoms with Gasteiger partial charge in [-0.1, -0.05) is 0 Å². The van der Waals surface area contributed by atoms with E-state index in [-0.39, 0.29) is 11.6 Å². The second-order valence-corrected chi connectivity index (χ2v) is 9.56. The van der Waals surface area contributed by atoms with Gasteiger partial charge in [0.05, 0.1) is 0 Å². The molecule has 192 valence electrons. The zero-order chi connectivity index (χ0) is 26.5. The molecule has 2 N–H and O–H groups in total. The molecule has 6 heterocycles. The fraction of sp³-hybridized carbons (Fsp3) is 0.267. The smallest absolute Gasteiger partial charge is 0.161 e. The number of hydrogen-bond acceptors (Lipinski definition) is 8. The molecule has 0 aliphatic carbocycles. The number of hydrogen-bond donors (Lipinski definition) is 2. The van der Waals surface area contributed by atoms with Gasteiger partial charge >= 0.3 is 0 Å². The van der Waals surface area contributed by atoms with E-state index in [1.165, 1.54) is 11.1 Å². The quantitative estimate of drug-likeness (QED) is 0.354. The number of nitrogens with zero attached hydrogens (tertiary/aromatic N) is 4. The van der Waals surface area contributed by atoms with E-state index in [1.54, 1.807) is 38.6 Å². The Morgan fingerprint density at radius 3 is 1.45 bits per heavy atom. The molecule has 0 amide bonds. The highest BCUT2D eigenvalue weighted by atomic mass is 16.1. The normalized spacial score (nSPS) is 13.5. The minimum Gasteiger partial charge on any atom is -0.370 e. The summed E-state index contributed by atoms with van der Waals surface area (Å²) in [6, 6.07) is 8.01. The molecule has 0 bridgehead atoms. The topological polar surface area (TPSA) is 110 Å². The number of fused-ring (bicyclic) bond motifs is 2. The van der Waals surface area contributed by atoms with Crippen LogP contribution in [0.2, 0.25) is 0 Å². The number of ketones is 2. The SMILES string of the molecule is CC(=O)c1cncc(-c2cnc3c(c2)CCCN3)c1.CC(=O)c1cncc(-c2cnc3c(c2)CCCN3)c1. The summed E-state index contributed by atoms with van der Waals surface area (Å²) >= 11 is 0. The molecular weight excluding hydrogens is 476 g/mol. The lowest BCUT2D eigenvalue weighted by Crippen LogP contribution is -2.13. The van der Waals surface area contributed by atoms with Gasteiger partial charge in [0.25, 0.3) is 0 Å². The van der Waals surface area contributed by atoms with Crippen molar-refractivity contribution in [2.75, 3.05) is 23.7 Å². The second-order valence-electron chi connectivity index (χ2n) is 9.56. The largest absolute Gasteiger partial charge is 0.370 e. The second kappa shape index (κ2) is 11.3. The molecule has 0 saturated heterocycles. The number of anilines is 2. The molecule has 0 spiro atoms. The van der Waals surface area contributed by atoms with E-state index in [0.717, 1.165) is 72.7 Å². The summed E-state index contributed by atoms with van der Waals surface area (Å²) in [4.78, 5) is 39.9. The zero-order valence-electron chi connectivity index (χ0n) is 21.6. The molecule has 8 nitrogen and oxygen atoms in total. The molecule has 4 aromatic rings. The third-order valence-electron chi connectivity index (χ3n) is 6.72. The van der Waals surface area contributed by atoms with Crippen molar-refractivity contribution in [3.63, 3.8) is 0 Å². The first-order valence-corrected chi connectivity index (χ1v) is 12.9. The molecule has 0 unspecified atom stereocenters. The summed E-state index contributed by atoms with van der Waals surface area (Å²) in [5.74, 6) is 2.01. The molecule has 0 aromatic carbocycles. The lowest BCUT2D eigenvalue weighted by Gasteiger charge is -2.17. The van der Waals surface area contributed by atoms with Gasteiger partial charge in [-0.15, -0.1) is 0 Å². The first kappa shape index (κ1) is 25.2. The summed E-state index contributed by atoms with van der Waals surface area (Å²) in [5.41, 5.74) is 7.63. The average molecular weight is 507 g/mol. The summed E-state index contributed by atoms with van der Waals surface area (Å²) < 4.78 is 0. The Balaban J connectivity index is 0.000000155. The van der Waals surface area contributed by atoms with Crippen LogP contribution in [0, 0.1) is 0 Å². The Kier molecular flexibility index (Phi) is 7.49. The number of aromatic nitrogens is 4. The van der Waals surface area contributed by atoms with Crippen LogP contribution in [0.15, 0.2) is 61.4 Å². The number of carbonyl (C=O) groups excluding carboxylic acids is 2. The van der Waals surface area contributed by atoms with Crippen LogP contribution in [0.25, 0.3) is 22.3 Å². The Labute approximate surface area is 222 Å². The highest BCUT2D eigenvalue weighted by Gasteiger charge is 2.13. The molecular formula is C30H30N6O2. The van der Waals surface area contributed by atoms with E-state index in [2.05, 4.69) is 42.7 Å². The Morgan fingerprint density at radius 2 is 1.03 bits per heavy atom. The van der Waals surface area contributed by atoms with Crippen LogP contribution < -0.4 is 10.6 Å². The van der Waals surface area contributed by atoms with Crippen molar-refractivity contribution < 1.29 is 9.59 Å². The molecule has 8 heteroatoms. The molecule has 0 saturated carbocycles. The maximum Gasteiger partial charge on any atom is 0.161 e. The van der Waals surface area contributed by atoms with Crippen LogP contribution in [0.3, 0.4) is 0 Å². The van der Waals surface area contributed by atoms with Gasteiger partial charge in [-0.05, 0) is 74.9 Å². The van der Waals surface area contributed by atoms with E-state index in [1.807, 2.05) is 24.5 Å². The summed E-state index contributed by atoms with van der Waals surface area (Å²) in [7, 11) is 0. The fourth-order valence-corrected chi connectivity index (χ4v) is 4.59. The third-order valence-corrected chi connectivity index (χ3v) is 6.72. The van der Waals surface area contributed by atoms with Crippen LogP contribution >= 0.6 is 0 Å². The third kappa shape index (κ3) is 5.75. The number of nitrogens with one attached hydrogen (secondary N) is 2. The minimum atomic E-state index is 0.0296. The van der Waals surface area contributed by atoms with Gasteiger partial charge in [0.15, 0.2) is 11.6 Å². The Hall–Kier alpha value is -4.46. The number of rotatable bonds is 4. The maximum atomic E-state index is 11.4. The van der Waals surface area contributed by atoms with Gasteiger partial charge in [-0.2, -0.15) is 0 Å². The zero-order valence-corrected chi connectivity index (χ0v) is 21.6. The lowest BCUT2D eigenvalue weighted by atomic mass is 10.0. The van der Waals surface area contributed by atoms with Crippen LogP contribution in [0.5, 0.6) is 0 Å². The van der Waals surface area contributed by atoms with Gasteiger partial charge in [0.1, 0.15) is 11.6 Å². The standard InChI is InChI=1S/2C15H15N3O/c2*1-10(19)12-6-13(8-16-7-12)14-5-11-3-2-4-17-15(11)18-9-14/h2*5-9H,2-4H2,1H3,(H,17,18). The highest BCUT2D eigenvalue weighted by Crippen LogP contribution is 2.27. The van der Waals surface area contributed by atoms with Crippen molar-refractivity contribution in [2.45, 2.75) is 39.5 Å². The first-order chi connectivity index (χ1) is 18.5. The molecule has 4 aromatic heterocycles. The molecule has 2 aliphatic heterocycles. The van der Waals surface area contributed by atoms with Crippen molar-refractivity contribution in [2.24, 2.45) is 0 Å². The first-order valence-electron chi connectivity index (χ1n) is 12.9. The van der Waals surface area contributed by atoms with Gasteiger partial charge in [0.2, 0.25) is 0 Å². The maximum absolute atomic E-state index is 11.4. The van der Waals surface area contributed by atoms with Gasteiger partial charge in [0, 0.05) is 83.7 Å². The number of aryl methyl sites for hydroxylation is 2. The predicted octanol–water partition coefficient (Wildman–Crippen LogP) is 5.41. The number of pyridine rings is 4. The van der Waals surface area contributed by atoms with Crippen molar-refractivity contribution in [1.29, 1.82) is 0 Å². The number of carbonyl (C=O) groups is 2. The van der Waals surface area contributed by atoms with Crippen LogP contribution in [0.1, 0.15) is 58.5 Å². The van der Waals surface area contributed by atoms with E-state index in [0.29, 0.717) is 11.1 Å². The average Bonchev–Trinajstić information content (AvgIpc) is 2.97. The summed E-state index contributed by atoms with van der Waals surface area (Å²) in [6.45, 7) is 5.08. The molecule has 38 heavy (non-hydrogen) atoms. The monoisotopic (exact) mass is 506 g/mol. The number of Topliss-reactive ketones (excluding diaryl/α,β-unsaturated/α-hetero) is 2. The molecule has 0 fully saturated rings. The fourth-order valence-electron chi connectivity index (χ4n) is 4.59. The van der Waals surface area contributed by atoms with Gasteiger partial charge in [-0.3, -0.25) is 19.6 Å². The predicted molar refractivity (Wildman–Crippen MR) is 149 cm³/mol. The Bertz CT molecular complexity index is 1390. The summed E-state index contributed by atoms with van der Waals surface area (Å²) in [6.07, 6.45) is 14.7. The highest BCUT2D eigenvalue weighted by molar-refractivity contribution is 5.95. The van der Waals surface area contributed by atoms with Crippen LogP contribution in [-0.4, -0.2) is 44.6 Å². The van der Waals surface area contributed by atoms with Crippen molar-refractivity contribution >= 4 is 23.2 Å². The molecule has 0 atom stereocenters. The van der Waals surface area contributed by atoms with Crippen molar-refractivity contribution in [1.82, 2.24) is 19.9 Å². The van der Waals surface area contributed by atoms with Crippen molar-refractivity contribution in [3.05, 3.63) is 83.7 Å². The molecule has 6 rings (SSSR count). The van der Waals surface area contributed by atoms with Gasteiger partial charge < -0.3 is 10.6 Å². The van der Waals surface area contributed by atoms with E-state index < -0.39 is 0 Å². The van der Waals surface area contributed by atoms with Crippen LogP contribution in [-0.2, 0) is 12.8 Å². The molecule has 0 radical (unpaired) electrons. The molecule has 2 aliphatic rings. The van der Waals surface area contributed by atoms with Crippen LogP contribution in [0.4, 0.5) is 11.6 Å². The van der Waals surface area contributed by atoms with E-state index in [9.17, 15) is 9.59 Å². The van der Waals surface area contributed by atoms with Gasteiger partial charge in [-0.25, -0.2) is 9.97 Å². The van der Waals surface area contributed by atoms with E-state index >= 15 is 0 Å². The Morgan fingerprint density at radius 1 is 0.605 bits per heavy atom. The minimum absolute atomic E-state index is 0.0296. The summed E-state index contributed by atoms with van der Waals surface area (Å²) in [5, 5.41) is 6.58.